The topological polar surface area (TPSA) is 51.2 Å². The summed E-state index contributed by atoms with van der Waals surface area (Å²) in [5.41, 5.74) is 0.936. The Morgan fingerprint density at radius 1 is 1.38 bits per heavy atom. The highest BCUT2D eigenvalue weighted by molar-refractivity contribution is 5.75. The first kappa shape index (κ1) is 15.8. The summed E-state index contributed by atoms with van der Waals surface area (Å²) in [6.45, 7) is 3.01. The molecule has 0 spiro atoms. The molecule has 2 rings (SSSR count). The van der Waals surface area contributed by atoms with Crippen molar-refractivity contribution < 1.29 is 9.53 Å². The maximum atomic E-state index is 12.0. The van der Waals surface area contributed by atoms with Crippen LogP contribution in [0.2, 0.25) is 0 Å². The Hall–Kier alpha value is -1.58. The van der Waals surface area contributed by atoms with Gasteiger partial charge in [-0.2, -0.15) is 0 Å². The Kier molecular flexibility index (Phi) is 6.51. The number of carbonyl (C=O) groups is 1. The normalized spacial score (nSPS) is 15.7. The van der Waals surface area contributed by atoms with Gasteiger partial charge in [0.15, 0.2) is 0 Å². The Balaban J connectivity index is 1.73. The van der Waals surface area contributed by atoms with E-state index in [-0.39, 0.29) is 5.91 Å². The van der Waals surface area contributed by atoms with E-state index in [1.54, 1.807) is 6.20 Å². The summed E-state index contributed by atoms with van der Waals surface area (Å²) < 4.78 is 5.46. The largest absolute Gasteiger partial charge is 0.478 e. The van der Waals surface area contributed by atoms with Crippen LogP contribution in [0, 0.1) is 5.92 Å². The molecule has 0 aliphatic heterocycles. The van der Waals surface area contributed by atoms with Gasteiger partial charge in [0.25, 0.3) is 0 Å². The standard InChI is InChI=1S/C17H26N2O2/c1-2-21-17-15(9-6-12-18-17)13-19-16(20)11-10-14-7-4-3-5-8-14/h6,9,12,14H,2-5,7-8,10-11,13H2,1H3,(H,19,20). The fourth-order valence-electron chi connectivity index (χ4n) is 2.92. The predicted molar refractivity (Wildman–Crippen MR) is 83.1 cm³/mol. The summed E-state index contributed by atoms with van der Waals surface area (Å²) >= 11 is 0. The SMILES string of the molecule is CCOc1ncccc1CNC(=O)CCC1CCCCC1. The van der Waals surface area contributed by atoms with Crippen LogP contribution in [0.1, 0.15) is 57.4 Å². The van der Waals surface area contributed by atoms with Gasteiger partial charge in [-0.05, 0) is 25.3 Å². The number of rotatable bonds is 7. The molecule has 0 bridgehead atoms. The van der Waals surface area contributed by atoms with Crippen molar-refractivity contribution in [2.24, 2.45) is 5.92 Å². The summed E-state index contributed by atoms with van der Waals surface area (Å²) in [5.74, 6) is 1.50. The first-order valence-corrected chi connectivity index (χ1v) is 8.13. The first-order valence-electron chi connectivity index (χ1n) is 8.13. The maximum Gasteiger partial charge on any atom is 0.220 e. The van der Waals surface area contributed by atoms with Crippen LogP contribution in [-0.4, -0.2) is 17.5 Å². The highest BCUT2D eigenvalue weighted by Gasteiger charge is 2.15. The average molecular weight is 290 g/mol. The van der Waals surface area contributed by atoms with Crippen molar-refractivity contribution in [3.63, 3.8) is 0 Å². The van der Waals surface area contributed by atoms with Crippen LogP contribution in [0.3, 0.4) is 0 Å². The molecule has 0 radical (unpaired) electrons. The molecule has 1 aliphatic carbocycles. The highest BCUT2D eigenvalue weighted by Crippen LogP contribution is 2.27. The van der Waals surface area contributed by atoms with Gasteiger partial charge in [-0.1, -0.05) is 38.2 Å². The summed E-state index contributed by atoms with van der Waals surface area (Å²) in [4.78, 5) is 16.1. The number of nitrogens with one attached hydrogen (secondary N) is 1. The lowest BCUT2D eigenvalue weighted by Crippen LogP contribution is -2.24. The van der Waals surface area contributed by atoms with E-state index in [9.17, 15) is 4.79 Å². The molecule has 1 amide bonds. The lowest BCUT2D eigenvalue weighted by atomic mass is 9.86. The molecule has 0 unspecified atom stereocenters. The second kappa shape index (κ2) is 8.65. The van der Waals surface area contributed by atoms with Crippen LogP contribution >= 0.6 is 0 Å². The van der Waals surface area contributed by atoms with Crippen LogP contribution in [0.15, 0.2) is 18.3 Å². The average Bonchev–Trinajstić information content (AvgIpc) is 2.53. The van der Waals surface area contributed by atoms with Crippen molar-refractivity contribution in [1.29, 1.82) is 0 Å². The fraction of sp³-hybridized carbons (Fsp3) is 0.647. The minimum atomic E-state index is 0.131. The zero-order chi connectivity index (χ0) is 14.9. The molecule has 1 N–H and O–H groups in total. The molecule has 0 aromatic carbocycles. The summed E-state index contributed by atoms with van der Waals surface area (Å²) in [5, 5.41) is 2.98. The van der Waals surface area contributed by atoms with Gasteiger partial charge in [0.05, 0.1) is 6.61 Å². The quantitative estimate of drug-likeness (QED) is 0.836. The molecular weight excluding hydrogens is 264 g/mol. The molecule has 1 aromatic rings. The van der Waals surface area contributed by atoms with Gasteiger partial charge in [-0.15, -0.1) is 0 Å². The van der Waals surface area contributed by atoms with E-state index in [0.717, 1.165) is 17.9 Å². The minimum Gasteiger partial charge on any atom is -0.478 e. The van der Waals surface area contributed by atoms with Crippen molar-refractivity contribution in [2.45, 2.75) is 58.4 Å². The number of hydrogen-bond acceptors (Lipinski definition) is 3. The monoisotopic (exact) mass is 290 g/mol. The molecule has 1 heterocycles. The minimum absolute atomic E-state index is 0.131. The lowest BCUT2D eigenvalue weighted by molar-refractivity contribution is -0.121. The van der Waals surface area contributed by atoms with E-state index >= 15 is 0 Å². The molecule has 1 saturated carbocycles. The van der Waals surface area contributed by atoms with Crippen LogP contribution in [0.5, 0.6) is 5.88 Å². The molecule has 1 fully saturated rings. The smallest absolute Gasteiger partial charge is 0.220 e. The molecule has 1 aliphatic rings. The predicted octanol–water partition coefficient (Wildman–Crippen LogP) is 3.46. The van der Waals surface area contributed by atoms with Gasteiger partial charge in [-0.3, -0.25) is 4.79 Å². The summed E-state index contributed by atoms with van der Waals surface area (Å²) in [7, 11) is 0. The number of hydrogen-bond donors (Lipinski definition) is 1. The maximum absolute atomic E-state index is 12.0. The second-order valence-corrected chi connectivity index (χ2v) is 5.72. The van der Waals surface area contributed by atoms with Crippen molar-refractivity contribution >= 4 is 5.91 Å². The third kappa shape index (κ3) is 5.37. The van der Waals surface area contributed by atoms with Gasteiger partial charge in [0, 0.05) is 24.7 Å². The Morgan fingerprint density at radius 2 is 2.19 bits per heavy atom. The van der Waals surface area contributed by atoms with E-state index in [1.165, 1.54) is 32.1 Å². The zero-order valence-corrected chi connectivity index (χ0v) is 12.9. The van der Waals surface area contributed by atoms with Crippen molar-refractivity contribution in [3.05, 3.63) is 23.9 Å². The fourth-order valence-corrected chi connectivity index (χ4v) is 2.92. The number of ether oxygens (including phenoxy) is 1. The van der Waals surface area contributed by atoms with Crippen LogP contribution < -0.4 is 10.1 Å². The summed E-state index contributed by atoms with van der Waals surface area (Å²) in [6.07, 6.45) is 9.99. The van der Waals surface area contributed by atoms with E-state index < -0.39 is 0 Å². The molecule has 1 aromatic heterocycles. The van der Waals surface area contributed by atoms with E-state index in [1.807, 2.05) is 19.1 Å². The molecule has 0 atom stereocenters. The summed E-state index contributed by atoms with van der Waals surface area (Å²) in [6, 6.07) is 3.81. The highest BCUT2D eigenvalue weighted by atomic mass is 16.5. The third-order valence-electron chi connectivity index (χ3n) is 4.11. The molecule has 0 saturated heterocycles. The molecular formula is C17H26N2O2. The number of pyridine rings is 1. The van der Waals surface area contributed by atoms with Crippen molar-refractivity contribution in [3.8, 4) is 5.88 Å². The van der Waals surface area contributed by atoms with Crippen LogP contribution in [0.25, 0.3) is 0 Å². The molecule has 116 valence electrons. The van der Waals surface area contributed by atoms with Crippen molar-refractivity contribution in [1.82, 2.24) is 10.3 Å². The van der Waals surface area contributed by atoms with Crippen LogP contribution in [-0.2, 0) is 11.3 Å². The van der Waals surface area contributed by atoms with E-state index in [0.29, 0.717) is 25.5 Å². The molecule has 21 heavy (non-hydrogen) atoms. The zero-order valence-electron chi connectivity index (χ0n) is 12.9. The Bertz CT molecular complexity index is 442. The van der Waals surface area contributed by atoms with E-state index in [2.05, 4.69) is 10.3 Å². The number of carbonyl (C=O) groups excluding carboxylic acids is 1. The molecule has 4 nitrogen and oxygen atoms in total. The van der Waals surface area contributed by atoms with E-state index in [4.69, 9.17) is 4.74 Å². The van der Waals surface area contributed by atoms with Gasteiger partial charge >= 0.3 is 0 Å². The third-order valence-corrected chi connectivity index (χ3v) is 4.11. The van der Waals surface area contributed by atoms with Gasteiger partial charge in [0.2, 0.25) is 11.8 Å². The van der Waals surface area contributed by atoms with Gasteiger partial charge in [0.1, 0.15) is 0 Å². The van der Waals surface area contributed by atoms with Crippen molar-refractivity contribution in [2.75, 3.05) is 6.61 Å². The number of amides is 1. The number of nitrogens with zero attached hydrogens (tertiary/aromatic N) is 1. The van der Waals surface area contributed by atoms with Gasteiger partial charge < -0.3 is 10.1 Å². The first-order chi connectivity index (χ1) is 10.3. The lowest BCUT2D eigenvalue weighted by Gasteiger charge is -2.21. The number of aromatic nitrogens is 1. The van der Waals surface area contributed by atoms with Gasteiger partial charge in [-0.25, -0.2) is 4.98 Å². The second-order valence-electron chi connectivity index (χ2n) is 5.72. The molecule has 4 heteroatoms. The van der Waals surface area contributed by atoms with Crippen LogP contribution in [0.4, 0.5) is 0 Å². The Morgan fingerprint density at radius 3 is 2.95 bits per heavy atom. The Labute approximate surface area is 127 Å².